The Kier molecular flexibility index (Phi) is 3.89. The number of rotatable bonds is 5. The molecule has 0 saturated carbocycles. The van der Waals surface area contributed by atoms with E-state index in [1.54, 1.807) is 12.1 Å². The molecule has 0 aliphatic carbocycles. The Morgan fingerprint density at radius 3 is 2.53 bits per heavy atom. The molecule has 1 aromatic heterocycles. The van der Waals surface area contributed by atoms with Crippen molar-refractivity contribution in [2.24, 2.45) is 0 Å². The molecule has 2 aromatic rings. The summed E-state index contributed by atoms with van der Waals surface area (Å²) in [6.45, 7) is 3.81. The second kappa shape index (κ2) is 5.60. The maximum atomic E-state index is 13.8. The second-order valence-corrected chi connectivity index (χ2v) is 4.27. The smallest absolute Gasteiger partial charge is 0.255 e. The topological polar surface area (TPSA) is 57.0 Å². The van der Waals surface area contributed by atoms with Gasteiger partial charge in [0.15, 0.2) is 0 Å². The first-order valence-corrected chi connectivity index (χ1v) is 5.87. The van der Waals surface area contributed by atoms with Crippen molar-refractivity contribution in [3.63, 3.8) is 0 Å². The van der Waals surface area contributed by atoms with Crippen LogP contribution in [-0.4, -0.2) is 26.7 Å². The summed E-state index contributed by atoms with van der Waals surface area (Å²) in [6, 6.07) is 6.34. The Hall–Kier alpha value is -2.24. The summed E-state index contributed by atoms with van der Waals surface area (Å²) < 4.78 is 20.2. The highest BCUT2D eigenvalue weighted by Gasteiger charge is 2.21. The Bertz CT molecular complexity index is 538. The van der Waals surface area contributed by atoms with Gasteiger partial charge < -0.3 is 4.74 Å². The minimum absolute atomic E-state index is 0.0469. The van der Waals surface area contributed by atoms with Crippen LogP contribution < -0.4 is 4.74 Å². The highest BCUT2D eigenvalue weighted by atomic mass is 19.1. The van der Waals surface area contributed by atoms with Crippen LogP contribution in [0.1, 0.15) is 30.5 Å². The summed E-state index contributed by atoms with van der Waals surface area (Å²) in [5.41, 5.74) is 0.263. The zero-order chi connectivity index (χ0) is 13.8. The van der Waals surface area contributed by atoms with E-state index >= 15 is 0 Å². The van der Waals surface area contributed by atoms with Gasteiger partial charge in [0.05, 0.1) is 6.10 Å². The van der Waals surface area contributed by atoms with E-state index in [1.807, 2.05) is 13.8 Å². The monoisotopic (exact) mass is 263 g/mol. The highest BCUT2D eigenvalue weighted by molar-refractivity contribution is 5.98. The summed E-state index contributed by atoms with van der Waals surface area (Å²) in [4.78, 5) is 15.5. The Labute approximate surface area is 110 Å². The number of nitrogens with zero attached hydrogens (tertiary/aromatic N) is 3. The minimum atomic E-state index is -1.86. The fourth-order valence-electron chi connectivity index (χ4n) is 1.56. The van der Waals surface area contributed by atoms with Crippen LogP contribution >= 0.6 is 0 Å². The summed E-state index contributed by atoms with van der Waals surface area (Å²) in [7, 11) is 0. The lowest BCUT2D eigenvalue weighted by Crippen LogP contribution is -2.16. The molecule has 0 saturated heterocycles. The summed E-state index contributed by atoms with van der Waals surface area (Å²) >= 11 is 0. The van der Waals surface area contributed by atoms with Gasteiger partial charge in [0.1, 0.15) is 18.4 Å². The van der Waals surface area contributed by atoms with E-state index in [1.165, 1.54) is 24.8 Å². The van der Waals surface area contributed by atoms with E-state index in [4.69, 9.17) is 4.74 Å². The number of carbonyl (C=O) groups excluding carboxylic acids is 1. The van der Waals surface area contributed by atoms with Gasteiger partial charge in [-0.2, -0.15) is 5.10 Å². The Balaban J connectivity index is 2.11. The van der Waals surface area contributed by atoms with Crippen LogP contribution in [0.4, 0.5) is 4.39 Å². The number of aromatic nitrogens is 3. The third kappa shape index (κ3) is 3.15. The van der Waals surface area contributed by atoms with Crippen molar-refractivity contribution < 1.29 is 13.9 Å². The maximum Gasteiger partial charge on any atom is 0.255 e. The molecule has 0 fully saturated rings. The average Bonchev–Trinajstić information content (AvgIpc) is 2.91. The van der Waals surface area contributed by atoms with E-state index in [2.05, 4.69) is 10.1 Å². The predicted molar refractivity (Wildman–Crippen MR) is 66.7 cm³/mol. The lowest BCUT2D eigenvalue weighted by molar-refractivity contribution is 0.0778. The van der Waals surface area contributed by atoms with Gasteiger partial charge >= 0.3 is 0 Å². The SMILES string of the molecule is CC(C)Oc1ccc(C(=O)C(F)n2cncn2)cc1. The third-order valence-electron chi connectivity index (χ3n) is 2.40. The first-order valence-electron chi connectivity index (χ1n) is 5.87. The van der Waals surface area contributed by atoms with Crippen molar-refractivity contribution in [3.8, 4) is 5.75 Å². The van der Waals surface area contributed by atoms with Gasteiger partial charge in [0.25, 0.3) is 6.30 Å². The average molecular weight is 263 g/mol. The van der Waals surface area contributed by atoms with Gasteiger partial charge in [-0.05, 0) is 38.1 Å². The zero-order valence-corrected chi connectivity index (χ0v) is 10.7. The van der Waals surface area contributed by atoms with Gasteiger partial charge in [-0.25, -0.2) is 14.1 Å². The van der Waals surface area contributed by atoms with Crippen LogP contribution in [0.5, 0.6) is 5.75 Å². The third-order valence-corrected chi connectivity index (χ3v) is 2.40. The number of alkyl halides is 1. The van der Waals surface area contributed by atoms with Crippen molar-refractivity contribution in [1.82, 2.24) is 14.8 Å². The first kappa shape index (κ1) is 13.2. The van der Waals surface area contributed by atoms with Gasteiger partial charge in [0.2, 0.25) is 5.78 Å². The molecule has 1 atom stereocenters. The molecule has 1 heterocycles. The molecular formula is C13H14FN3O2. The molecular weight excluding hydrogens is 249 g/mol. The molecule has 0 bridgehead atoms. The van der Waals surface area contributed by atoms with E-state index in [-0.39, 0.29) is 11.7 Å². The molecule has 19 heavy (non-hydrogen) atoms. The molecule has 6 heteroatoms. The van der Waals surface area contributed by atoms with Gasteiger partial charge in [-0.3, -0.25) is 4.79 Å². The van der Waals surface area contributed by atoms with Crippen molar-refractivity contribution in [2.45, 2.75) is 26.2 Å². The van der Waals surface area contributed by atoms with Crippen LogP contribution in [0.15, 0.2) is 36.9 Å². The van der Waals surface area contributed by atoms with E-state index in [0.717, 1.165) is 4.68 Å². The second-order valence-electron chi connectivity index (χ2n) is 4.27. The van der Waals surface area contributed by atoms with Gasteiger partial charge in [-0.15, -0.1) is 0 Å². The van der Waals surface area contributed by atoms with Crippen molar-refractivity contribution >= 4 is 5.78 Å². The molecule has 0 radical (unpaired) electrons. The van der Waals surface area contributed by atoms with Gasteiger partial charge in [-0.1, -0.05) is 0 Å². The molecule has 0 aliphatic rings. The van der Waals surface area contributed by atoms with Crippen LogP contribution in [0.25, 0.3) is 0 Å². The molecule has 1 aromatic carbocycles. The van der Waals surface area contributed by atoms with E-state index in [9.17, 15) is 9.18 Å². The number of hydrogen-bond acceptors (Lipinski definition) is 4. The fraction of sp³-hybridized carbons (Fsp3) is 0.308. The van der Waals surface area contributed by atoms with E-state index < -0.39 is 12.1 Å². The number of ether oxygens (including phenoxy) is 1. The molecule has 0 aliphatic heterocycles. The molecule has 0 spiro atoms. The van der Waals surface area contributed by atoms with Crippen LogP contribution in [0, 0.1) is 0 Å². The number of carbonyl (C=O) groups is 1. The van der Waals surface area contributed by atoms with E-state index in [0.29, 0.717) is 5.75 Å². The Morgan fingerprint density at radius 1 is 1.32 bits per heavy atom. The predicted octanol–water partition coefficient (Wildman–Crippen LogP) is 2.42. The maximum absolute atomic E-state index is 13.8. The number of benzene rings is 1. The van der Waals surface area contributed by atoms with Gasteiger partial charge in [0, 0.05) is 5.56 Å². The summed E-state index contributed by atoms with van der Waals surface area (Å²) in [6.07, 6.45) is 0.531. The zero-order valence-electron chi connectivity index (χ0n) is 10.7. The number of hydrogen-bond donors (Lipinski definition) is 0. The molecule has 100 valence electrons. The number of ketones is 1. The molecule has 1 unspecified atom stereocenters. The standard InChI is InChI=1S/C13H14FN3O2/c1-9(2)19-11-5-3-10(4-6-11)12(18)13(14)17-8-15-7-16-17/h3-9,13H,1-2H3. The van der Waals surface area contributed by atoms with Crippen molar-refractivity contribution in [1.29, 1.82) is 0 Å². The number of halogens is 1. The van der Waals surface area contributed by atoms with Crippen LogP contribution in [0.2, 0.25) is 0 Å². The summed E-state index contributed by atoms with van der Waals surface area (Å²) in [5.74, 6) is -0.0238. The normalized spacial score (nSPS) is 12.4. The Morgan fingerprint density at radius 2 is 2.00 bits per heavy atom. The largest absolute Gasteiger partial charge is 0.491 e. The van der Waals surface area contributed by atoms with Crippen LogP contribution in [-0.2, 0) is 0 Å². The van der Waals surface area contributed by atoms with Crippen LogP contribution in [0.3, 0.4) is 0 Å². The first-order chi connectivity index (χ1) is 9.08. The summed E-state index contributed by atoms with van der Waals surface area (Å²) in [5, 5.41) is 3.60. The number of Topliss-reactive ketones (excluding diaryl/α,β-unsaturated/α-hetero) is 1. The quantitative estimate of drug-likeness (QED) is 0.777. The van der Waals surface area contributed by atoms with Crippen molar-refractivity contribution in [2.75, 3.05) is 0 Å². The highest BCUT2D eigenvalue weighted by Crippen LogP contribution is 2.18. The molecule has 2 rings (SSSR count). The minimum Gasteiger partial charge on any atom is -0.491 e. The molecule has 0 amide bonds. The lowest BCUT2D eigenvalue weighted by atomic mass is 10.1. The fourth-order valence-corrected chi connectivity index (χ4v) is 1.56. The van der Waals surface area contributed by atoms with Crippen molar-refractivity contribution in [3.05, 3.63) is 42.5 Å². The molecule has 5 nitrogen and oxygen atoms in total. The lowest BCUT2D eigenvalue weighted by Gasteiger charge is -2.10. The molecule has 0 N–H and O–H groups in total.